The highest BCUT2D eigenvalue weighted by Crippen LogP contribution is 2.28. The van der Waals surface area contributed by atoms with Crippen LogP contribution in [0.4, 0.5) is 10.1 Å². The van der Waals surface area contributed by atoms with Gasteiger partial charge in [0.15, 0.2) is 0 Å². The van der Waals surface area contributed by atoms with E-state index >= 15 is 0 Å². The summed E-state index contributed by atoms with van der Waals surface area (Å²) in [5, 5.41) is 2.59. The van der Waals surface area contributed by atoms with E-state index in [-0.39, 0.29) is 33.8 Å². The number of carbonyl (C=O) groups is 2. The van der Waals surface area contributed by atoms with E-state index in [0.717, 1.165) is 43.1 Å². The minimum absolute atomic E-state index is 0.0177. The van der Waals surface area contributed by atoms with Crippen LogP contribution in [0.2, 0.25) is 5.02 Å². The molecule has 3 rings (SSSR count). The predicted molar refractivity (Wildman–Crippen MR) is 125 cm³/mol. The van der Waals surface area contributed by atoms with E-state index in [1.165, 1.54) is 47.8 Å². The Bertz CT molecular complexity index is 1140. The Kier molecular flexibility index (Phi) is 8.10. The maximum atomic E-state index is 13.3. The summed E-state index contributed by atoms with van der Waals surface area (Å²) in [6.07, 6.45) is 4.67. The molecule has 0 spiro atoms. The van der Waals surface area contributed by atoms with E-state index in [4.69, 9.17) is 11.6 Å². The number of anilines is 1. The molecule has 0 unspecified atom stereocenters. The molecule has 1 aliphatic carbocycles. The Labute approximate surface area is 198 Å². The second kappa shape index (κ2) is 10.6. The molecule has 0 saturated heterocycles. The monoisotopic (exact) mass is 495 g/mol. The molecule has 0 heterocycles. The summed E-state index contributed by atoms with van der Waals surface area (Å²) in [5.74, 6) is -1.64. The SMILES string of the molecule is CN(CC(=O)Nc1cccc(F)c1)C(=O)c1cc(S(=O)(=O)N(C)C2CCCCC2)ccc1Cl. The van der Waals surface area contributed by atoms with Gasteiger partial charge in [-0.25, -0.2) is 12.8 Å². The lowest BCUT2D eigenvalue weighted by atomic mass is 9.96. The summed E-state index contributed by atoms with van der Waals surface area (Å²) in [7, 11) is -0.854. The second-order valence-electron chi connectivity index (χ2n) is 8.17. The minimum Gasteiger partial charge on any atom is -0.332 e. The molecular formula is C23H27ClFN3O4S. The van der Waals surface area contributed by atoms with Gasteiger partial charge in [0.2, 0.25) is 15.9 Å². The molecule has 0 bridgehead atoms. The first-order valence-electron chi connectivity index (χ1n) is 10.7. The first kappa shape index (κ1) is 25.1. The molecule has 0 atom stereocenters. The maximum Gasteiger partial charge on any atom is 0.255 e. The fourth-order valence-electron chi connectivity index (χ4n) is 3.90. The van der Waals surface area contributed by atoms with Gasteiger partial charge in [0.05, 0.1) is 22.0 Å². The molecule has 10 heteroatoms. The standard InChI is InChI=1S/C23H27ClFN3O4S/c1-27(15-22(29)26-17-8-6-7-16(25)13-17)23(30)20-14-19(11-12-21(20)24)33(31,32)28(2)18-9-4-3-5-10-18/h6-8,11-14,18H,3-5,9-10,15H2,1-2H3,(H,26,29). The van der Waals surface area contributed by atoms with E-state index in [1.807, 2.05) is 0 Å². The topological polar surface area (TPSA) is 86.8 Å². The highest BCUT2D eigenvalue weighted by atomic mass is 35.5. The van der Waals surface area contributed by atoms with Crippen LogP contribution in [-0.2, 0) is 14.8 Å². The minimum atomic E-state index is -3.82. The van der Waals surface area contributed by atoms with Gasteiger partial charge in [-0.05, 0) is 49.2 Å². The van der Waals surface area contributed by atoms with Crippen molar-refractivity contribution in [3.05, 3.63) is 58.9 Å². The third kappa shape index (κ3) is 6.10. The number of rotatable bonds is 7. The van der Waals surface area contributed by atoms with Gasteiger partial charge in [-0.1, -0.05) is 36.9 Å². The van der Waals surface area contributed by atoms with Gasteiger partial charge in [0.25, 0.3) is 5.91 Å². The summed E-state index contributed by atoms with van der Waals surface area (Å²) < 4.78 is 41.0. The van der Waals surface area contributed by atoms with Crippen molar-refractivity contribution in [3.63, 3.8) is 0 Å². The van der Waals surface area contributed by atoms with Gasteiger partial charge in [0, 0.05) is 25.8 Å². The molecule has 1 fully saturated rings. The molecule has 7 nitrogen and oxygen atoms in total. The number of hydrogen-bond acceptors (Lipinski definition) is 4. The normalized spacial score (nSPS) is 14.8. The largest absolute Gasteiger partial charge is 0.332 e. The summed E-state index contributed by atoms with van der Waals surface area (Å²) in [5.41, 5.74) is 0.244. The molecule has 178 valence electrons. The summed E-state index contributed by atoms with van der Waals surface area (Å²) >= 11 is 6.20. The van der Waals surface area contributed by atoms with Gasteiger partial charge in [0.1, 0.15) is 5.82 Å². The predicted octanol–water partition coefficient (Wildman–Crippen LogP) is 4.14. The number of amides is 2. The van der Waals surface area contributed by atoms with Crippen LogP contribution in [0, 0.1) is 5.82 Å². The summed E-state index contributed by atoms with van der Waals surface area (Å²) in [4.78, 5) is 26.3. The Hall–Kier alpha value is -2.49. The fraction of sp³-hybridized carbons (Fsp3) is 0.391. The molecule has 1 N–H and O–H groups in total. The van der Waals surface area contributed by atoms with Gasteiger partial charge >= 0.3 is 0 Å². The third-order valence-electron chi connectivity index (χ3n) is 5.77. The number of nitrogens with zero attached hydrogens (tertiary/aromatic N) is 2. The van der Waals surface area contributed by atoms with Crippen molar-refractivity contribution < 1.29 is 22.4 Å². The fourth-order valence-corrected chi connectivity index (χ4v) is 5.54. The molecule has 0 aliphatic heterocycles. The lowest BCUT2D eigenvalue weighted by Gasteiger charge is -2.30. The summed E-state index contributed by atoms with van der Waals surface area (Å²) in [6, 6.07) is 9.31. The van der Waals surface area contributed by atoms with Crippen molar-refractivity contribution >= 4 is 39.1 Å². The molecule has 2 amide bonds. The smallest absolute Gasteiger partial charge is 0.255 e. The van der Waals surface area contributed by atoms with Gasteiger partial charge in [-0.3, -0.25) is 9.59 Å². The zero-order chi connectivity index (χ0) is 24.2. The van der Waals surface area contributed by atoms with Crippen LogP contribution in [0.1, 0.15) is 42.5 Å². The van der Waals surface area contributed by atoms with Crippen molar-refractivity contribution in [1.82, 2.24) is 9.21 Å². The number of halogens is 2. The quantitative estimate of drug-likeness (QED) is 0.625. The van der Waals surface area contributed by atoms with Crippen LogP contribution in [0.15, 0.2) is 47.4 Å². The second-order valence-corrected chi connectivity index (χ2v) is 10.6. The molecule has 1 aliphatic rings. The first-order chi connectivity index (χ1) is 15.6. The number of benzene rings is 2. The molecule has 2 aromatic carbocycles. The van der Waals surface area contributed by atoms with E-state index in [1.54, 1.807) is 7.05 Å². The van der Waals surface area contributed by atoms with Crippen molar-refractivity contribution in [2.24, 2.45) is 0 Å². The van der Waals surface area contributed by atoms with Crippen LogP contribution in [0.3, 0.4) is 0 Å². The van der Waals surface area contributed by atoms with Gasteiger partial charge in [-0.2, -0.15) is 4.31 Å². The van der Waals surface area contributed by atoms with Crippen molar-refractivity contribution in [2.45, 2.75) is 43.0 Å². The Balaban J connectivity index is 1.74. The highest BCUT2D eigenvalue weighted by molar-refractivity contribution is 7.89. The zero-order valence-corrected chi connectivity index (χ0v) is 20.1. The Morgan fingerprint density at radius 3 is 2.45 bits per heavy atom. The third-order valence-corrected chi connectivity index (χ3v) is 8.01. The lowest BCUT2D eigenvalue weighted by molar-refractivity contribution is -0.116. The lowest BCUT2D eigenvalue weighted by Crippen LogP contribution is -2.38. The zero-order valence-electron chi connectivity index (χ0n) is 18.6. The molecule has 0 radical (unpaired) electrons. The molecule has 0 aromatic heterocycles. The molecule has 2 aromatic rings. The van der Waals surface area contributed by atoms with E-state index in [2.05, 4.69) is 5.32 Å². The molecule has 1 saturated carbocycles. The van der Waals surface area contributed by atoms with Crippen molar-refractivity contribution in [1.29, 1.82) is 0 Å². The van der Waals surface area contributed by atoms with E-state index in [0.29, 0.717) is 0 Å². The van der Waals surface area contributed by atoms with Crippen molar-refractivity contribution in [2.75, 3.05) is 26.0 Å². The van der Waals surface area contributed by atoms with Crippen LogP contribution in [0.5, 0.6) is 0 Å². The van der Waals surface area contributed by atoms with Crippen LogP contribution in [0.25, 0.3) is 0 Å². The van der Waals surface area contributed by atoms with Crippen LogP contribution < -0.4 is 5.32 Å². The highest BCUT2D eigenvalue weighted by Gasteiger charge is 2.30. The van der Waals surface area contributed by atoms with Gasteiger partial charge < -0.3 is 10.2 Å². The number of sulfonamides is 1. The molecular weight excluding hydrogens is 469 g/mol. The number of likely N-dealkylation sites (N-methyl/N-ethyl adjacent to an activating group) is 1. The van der Waals surface area contributed by atoms with E-state index < -0.39 is 27.7 Å². The average molecular weight is 496 g/mol. The van der Waals surface area contributed by atoms with Gasteiger partial charge in [-0.15, -0.1) is 0 Å². The van der Waals surface area contributed by atoms with Crippen molar-refractivity contribution in [3.8, 4) is 0 Å². The molecule has 33 heavy (non-hydrogen) atoms. The number of carbonyl (C=O) groups excluding carboxylic acids is 2. The first-order valence-corrected chi connectivity index (χ1v) is 12.5. The maximum absolute atomic E-state index is 13.3. The van der Waals surface area contributed by atoms with Crippen LogP contribution in [-0.4, -0.2) is 56.1 Å². The average Bonchev–Trinajstić information content (AvgIpc) is 2.78. The number of nitrogens with one attached hydrogen (secondary N) is 1. The summed E-state index contributed by atoms with van der Waals surface area (Å²) in [6.45, 7) is -0.329. The Morgan fingerprint density at radius 1 is 1.09 bits per heavy atom. The number of hydrogen-bond donors (Lipinski definition) is 1. The van der Waals surface area contributed by atoms with Crippen LogP contribution >= 0.6 is 11.6 Å². The Morgan fingerprint density at radius 2 is 1.79 bits per heavy atom. The van der Waals surface area contributed by atoms with E-state index in [9.17, 15) is 22.4 Å².